The van der Waals surface area contributed by atoms with Crippen LogP contribution in [0.5, 0.6) is 0 Å². The molecule has 2 heterocycles. The first-order valence-electron chi connectivity index (χ1n) is 6.35. The lowest BCUT2D eigenvalue weighted by atomic mass is 10.0. The lowest BCUT2D eigenvalue weighted by Crippen LogP contribution is -2.53. The van der Waals surface area contributed by atoms with Gasteiger partial charge in [0, 0.05) is 31.7 Å². The maximum absolute atomic E-state index is 3.65. The van der Waals surface area contributed by atoms with Gasteiger partial charge in [0.1, 0.15) is 0 Å². The molecule has 88 valence electrons. The number of hydrogen-bond donors (Lipinski definition) is 4. The molecule has 2 atom stereocenters. The van der Waals surface area contributed by atoms with Crippen molar-refractivity contribution in [1.82, 2.24) is 21.3 Å². The second kappa shape index (κ2) is 6.43. The van der Waals surface area contributed by atoms with Gasteiger partial charge in [0.2, 0.25) is 0 Å². The van der Waals surface area contributed by atoms with Crippen LogP contribution in [0.25, 0.3) is 0 Å². The molecule has 4 heteroatoms. The molecule has 2 saturated heterocycles. The van der Waals surface area contributed by atoms with E-state index in [1.54, 1.807) is 0 Å². The highest BCUT2D eigenvalue weighted by molar-refractivity contribution is 4.87. The van der Waals surface area contributed by atoms with Crippen molar-refractivity contribution in [2.45, 2.75) is 31.3 Å². The number of hydrogen-bond acceptors (Lipinski definition) is 4. The summed E-state index contributed by atoms with van der Waals surface area (Å²) in [6.07, 6.45) is 3.83. The van der Waals surface area contributed by atoms with Gasteiger partial charge in [0.05, 0.1) is 0 Å². The zero-order valence-corrected chi connectivity index (χ0v) is 9.52. The quantitative estimate of drug-likeness (QED) is 0.463. The topological polar surface area (TPSA) is 48.1 Å². The molecule has 2 aliphatic heterocycles. The number of nitrogens with one attached hydrogen (secondary N) is 4. The molecule has 15 heavy (non-hydrogen) atoms. The lowest BCUT2D eigenvalue weighted by Gasteiger charge is -2.29. The van der Waals surface area contributed by atoms with Gasteiger partial charge in [-0.25, -0.2) is 0 Å². The summed E-state index contributed by atoms with van der Waals surface area (Å²) >= 11 is 0. The Hall–Kier alpha value is -0.160. The highest BCUT2D eigenvalue weighted by atomic mass is 15.1. The molecule has 0 amide bonds. The summed E-state index contributed by atoms with van der Waals surface area (Å²) < 4.78 is 0. The third-order valence-corrected chi connectivity index (χ3v) is 3.36. The minimum Gasteiger partial charge on any atom is -0.315 e. The fourth-order valence-electron chi connectivity index (χ4n) is 2.48. The van der Waals surface area contributed by atoms with Crippen LogP contribution < -0.4 is 21.3 Å². The molecule has 4 N–H and O–H groups in total. The van der Waals surface area contributed by atoms with Gasteiger partial charge in [-0.2, -0.15) is 0 Å². The van der Waals surface area contributed by atoms with E-state index in [2.05, 4.69) is 21.3 Å². The summed E-state index contributed by atoms with van der Waals surface area (Å²) in [4.78, 5) is 0. The smallest absolute Gasteiger partial charge is 0.0346 e. The van der Waals surface area contributed by atoms with Crippen molar-refractivity contribution in [1.29, 1.82) is 0 Å². The minimum atomic E-state index is 0.616. The predicted molar refractivity (Wildman–Crippen MR) is 63.2 cm³/mol. The van der Waals surface area contributed by atoms with E-state index in [9.17, 15) is 0 Å². The van der Waals surface area contributed by atoms with Crippen molar-refractivity contribution in [3.8, 4) is 0 Å². The Labute approximate surface area is 92.6 Å². The van der Waals surface area contributed by atoms with E-state index in [4.69, 9.17) is 0 Å². The van der Waals surface area contributed by atoms with Crippen LogP contribution in [-0.4, -0.2) is 51.4 Å². The summed E-state index contributed by atoms with van der Waals surface area (Å²) in [7, 11) is 0. The molecule has 4 nitrogen and oxygen atoms in total. The normalized spacial score (nSPS) is 35.2. The van der Waals surface area contributed by atoms with Crippen LogP contribution >= 0.6 is 0 Å². The molecule has 0 spiro atoms. The predicted octanol–water partition coefficient (Wildman–Crippen LogP) is -0.720. The molecule has 0 saturated carbocycles. The van der Waals surface area contributed by atoms with Gasteiger partial charge >= 0.3 is 0 Å². The van der Waals surface area contributed by atoms with Gasteiger partial charge in [0.25, 0.3) is 0 Å². The molecule has 0 aromatic heterocycles. The van der Waals surface area contributed by atoms with Crippen LogP contribution in [0.1, 0.15) is 19.3 Å². The first-order chi connectivity index (χ1) is 7.47. The minimum absolute atomic E-state index is 0.616. The Balaban J connectivity index is 1.82. The van der Waals surface area contributed by atoms with Crippen LogP contribution in [0.3, 0.4) is 0 Å². The van der Waals surface area contributed by atoms with Crippen molar-refractivity contribution in [3.63, 3.8) is 0 Å². The van der Waals surface area contributed by atoms with Crippen LogP contribution in [-0.2, 0) is 0 Å². The second-order valence-electron chi connectivity index (χ2n) is 4.57. The average molecular weight is 212 g/mol. The summed E-state index contributed by atoms with van der Waals surface area (Å²) in [5.41, 5.74) is 0. The summed E-state index contributed by atoms with van der Waals surface area (Å²) in [5.74, 6) is 0. The Morgan fingerprint density at radius 1 is 0.667 bits per heavy atom. The fraction of sp³-hybridized carbons (Fsp3) is 1.00. The molecule has 0 bridgehead atoms. The highest BCUT2D eigenvalue weighted by Crippen LogP contribution is 2.05. The molecule has 2 unspecified atom stereocenters. The van der Waals surface area contributed by atoms with E-state index >= 15 is 0 Å². The van der Waals surface area contributed by atoms with Gasteiger partial charge < -0.3 is 21.3 Å². The summed E-state index contributed by atoms with van der Waals surface area (Å²) in [6, 6.07) is 1.27. The van der Waals surface area contributed by atoms with Crippen LogP contribution in [0.4, 0.5) is 0 Å². The van der Waals surface area contributed by atoms with Gasteiger partial charge in [-0.1, -0.05) is 0 Å². The standard InChI is InChI=1S/C11H24N4/c1-3-10(15-8-7-12-4-1)11-9-13-5-2-6-14-11/h10-15H,1-9H2. The van der Waals surface area contributed by atoms with E-state index in [0.717, 1.165) is 32.7 Å². The number of rotatable bonds is 1. The highest BCUT2D eigenvalue weighted by Gasteiger charge is 2.21. The molecule has 2 rings (SSSR count). The molecule has 2 fully saturated rings. The van der Waals surface area contributed by atoms with Crippen molar-refractivity contribution in [2.24, 2.45) is 0 Å². The second-order valence-corrected chi connectivity index (χ2v) is 4.57. The van der Waals surface area contributed by atoms with Crippen molar-refractivity contribution in [3.05, 3.63) is 0 Å². The monoisotopic (exact) mass is 212 g/mol. The Bertz CT molecular complexity index is 158. The zero-order chi connectivity index (χ0) is 10.3. The van der Waals surface area contributed by atoms with Gasteiger partial charge in [-0.15, -0.1) is 0 Å². The largest absolute Gasteiger partial charge is 0.315 e. The molecule has 0 aromatic rings. The molecule has 0 aromatic carbocycles. The van der Waals surface area contributed by atoms with Gasteiger partial charge in [-0.05, 0) is 38.9 Å². The first-order valence-corrected chi connectivity index (χ1v) is 6.35. The van der Waals surface area contributed by atoms with Gasteiger partial charge in [0.15, 0.2) is 0 Å². The third kappa shape index (κ3) is 3.72. The van der Waals surface area contributed by atoms with Gasteiger partial charge in [-0.3, -0.25) is 0 Å². The SMILES string of the molecule is C1CNCC(C2CCCNCCN2)NC1. The first kappa shape index (κ1) is 11.3. The molecule has 0 aliphatic carbocycles. The van der Waals surface area contributed by atoms with E-state index in [-0.39, 0.29) is 0 Å². The van der Waals surface area contributed by atoms with Crippen LogP contribution in [0.15, 0.2) is 0 Å². The Morgan fingerprint density at radius 2 is 1.53 bits per heavy atom. The fourth-order valence-corrected chi connectivity index (χ4v) is 2.48. The average Bonchev–Trinajstić information content (AvgIpc) is 2.45. The molecular weight excluding hydrogens is 188 g/mol. The summed E-state index contributed by atoms with van der Waals surface area (Å²) in [6.45, 7) is 6.83. The van der Waals surface area contributed by atoms with E-state index in [1.165, 1.54) is 25.8 Å². The van der Waals surface area contributed by atoms with Crippen LogP contribution in [0.2, 0.25) is 0 Å². The van der Waals surface area contributed by atoms with E-state index in [1.807, 2.05) is 0 Å². The van der Waals surface area contributed by atoms with Crippen molar-refractivity contribution >= 4 is 0 Å². The lowest BCUT2D eigenvalue weighted by molar-refractivity contribution is 0.335. The summed E-state index contributed by atoms with van der Waals surface area (Å²) in [5, 5.41) is 14.2. The third-order valence-electron chi connectivity index (χ3n) is 3.36. The van der Waals surface area contributed by atoms with Crippen molar-refractivity contribution in [2.75, 3.05) is 39.3 Å². The molecule has 2 aliphatic rings. The molecular formula is C11H24N4. The maximum Gasteiger partial charge on any atom is 0.0346 e. The van der Waals surface area contributed by atoms with Crippen LogP contribution in [0, 0.1) is 0 Å². The van der Waals surface area contributed by atoms with Crippen molar-refractivity contribution < 1.29 is 0 Å². The van der Waals surface area contributed by atoms with E-state index < -0.39 is 0 Å². The Morgan fingerprint density at radius 3 is 2.53 bits per heavy atom. The molecule has 0 radical (unpaired) electrons. The van der Waals surface area contributed by atoms with E-state index in [0.29, 0.717) is 12.1 Å². The maximum atomic E-state index is 3.65. The Kier molecular flexibility index (Phi) is 4.86. The zero-order valence-electron chi connectivity index (χ0n) is 9.52.